The number of ether oxygens (including phenoxy) is 1. The van der Waals surface area contributed by atoms with E-state index in [1.54, 1.807) is 0 Å². The molecule has 3 unspecified atom stereocenters. The van der Waals surface area contributed by atoms with Gasteiger partial charge in [-0.2, -0.15) is 0 Å². The molecule has 3 nitrogen and oxygen atoms in total. The van der Waals surface area contributed by atoms with Gasteiger partial charge in [0.1, 0.15) is 0 Å². The van der Waals surface area contributed by atoms with Crippen molar-refractivity contribution in [3.05, 3.63) is 35.9 Å². The van der Waals surface area contributed by atoms with Crippen molar-refractivity contribution in [2.45, 2.75) is 50.7 Å². The summed E-state index contributed by atoms with van der Waals surface area (Å²) in [5.41, 5.74) is 1.64. The zero-order valence-corrected chi connectivity index (χ0v) is 13.6. The van der Waals surface area contributed by atoms with Crippen LogP contribution in [0.4, 0.5) is 0 Å². The molecule has 2 aliphatic rings. The van der Waals surface area contributed by atoms with Crippen LogP contribution in [0.2, 0.25) is 0 Å². The standard InChI is InChI=1S/C18H28N2O/c1-4-17(2)13-19-18(3,15-8-6-5-7-9-15)14-20(17)16-10-11-21-12-16/h5-9,16,19H,4,10-14H2,1-3H3. The van der Waals surface area contributed by atoms with Gasteiger partial charge >= 0.3 is 0 Å². The van der Waals surface area contributed by atoms with Gasteiger partial charge in [-0.3, -0.25) is 4.90 Å². The van der Waals surface area contributed by atoms with Gasteiger partial charge in [0.25, 0.3) is 0 Å². The molecule has 2 fully saturated rings. The maximum Gasteiger partial charge on any atom is 0.0622 e. The Morgan fingerprint density at radius 3 is 2.67 bits per heavy atom. The molecule has 0 bridgehead atoms. The number of nitrogens with zero attached hydrogens (tertiary/aromatic N) is 1. The SMILES string of the molecule is CCC1(C)CNC(C)(c2ccccc2)CN1C1CCOC1. The zero-order valence-electron chi connectivity index (χ0n) is 13.6. The topological polar surface area (TPSA) is 24.5 Å². The Hall–Kier alpha value is -0.900. The van der Waals surface area contributed by atoms with E-state index >= 15 is 0 Å². The first kappa shape index (κ1) is 15.0. The number of hydrogen-bond donors (Lipinski definition) is 1. The lowest BCUT2D eigenvalue weighted by atomic mass is 9.82. The summed E-state index contributed by atoms with van der Waals surface area (Å²) in [6.45, 7) is 10.9. The highest BCUT2D eigenvalue weighted by Crippen LogP contribution is 2.35. The van der Waals surface area contributed by atoms with E-state index < -0.39 is 0 Å². The highest BCUT2D eigenvalue weighted by atomic mass is 16.5. The molecule has 1 aromatic rings. The molecule has 3 atom stereocenters. The Morgan fingerprint density at radius 2 is 2.05 bits per heavy atom. The lowest BCUT2D eigenvalue weighted by Gasteiger charge is -2.54. The first-order valence-corrected chi connectivity index (χ1v) is 8.22. The van der Waals surface area contributed by atoms with Gasteiger partial charge in [-0.25, -0.2) is 0 Å². The lowest BCUT2D eigenvalue weighted by Crippen LogP contribution is -2.68. The molecule has 116 valence electrons. The van der Waals surface area contributed by atoms with E-state index in [4.69, 9.17) is 4.74 Å². The van der Waals surface area contributed by atoms with Gasteiger partial charge < -0.3 is 10.1 Å². The Labute approximate surface area is 128 Å². The second kappa shape index (κ2) is 5.71. The predicted octanol–water partition coefficient (Wildman–Crippen LogP) is 2.76. The molecule has 0 aliphatic carbocycles. The number of nitrogens with one attached hydrogen (secondary N) is 1. The summed E-state index contributed by atoms with van der Waals surface area (Å²) in [5.74, 6) is 0. The third-order valence-corrected chi connectivity index (χ3v) is 5.56. The van der Waals surface area contributed by atoms with Crippen molar-refractivity contribution in [3.63, 3.8) is 0 Å². The van der Waals surface area contributed by atoms with Gasteiger partial charge in [0.2, 0.25) is 0 Å². The molecule has 1 N–H and O–H groups in total. The van der Waals surface area contributed by atoms with Crippen molar-refractivity contribution in [2.75, 3.05) is 26.3 Å². The summed E-state index contributed by atoms with van der Waals surface area (Å²) < 4.78 is 5.66. The smallest absolute Gasteiger partial charge is 0.0622 e. The maximum atomic E-state index is 5.66. The largest absolute Gasteiger partial charge is 0.380 e. The fourth-order valence-electron chi connectivity index (χ4n) is 3.74. The minimum absolute atomic E-state index is 0.0263. The van der Waals surface area contributed by atoms with Crippen LogP contribution in [0, 0.1) is 0 Å². The van der Waals surface area contributed by atoms with Crippen molar-refractivity contribution in [2.24, 2.45) is 0 Å². The second-order valence-electron chi connectivity index (χ2n) is 7.05. The van der Waals surface area contributed by atoms with Crippen molar-refractivity contribution in [1.82, 2.24) is 10.2 Å². The summed E-state index contributed by atoms with van der Waals surface area (Å²) in [7, 11) is 0. The van der Waals surface area contributed by atoms with E-state index in [0.717, 1.165) is 26.3 Å². The summed E-state index contributed by atoms with van der Waals surface area (Å²) >= 11 is 0. The quantitative estimate of drug-likeness (QED) is 0.925. The highest BCUT2D eigenvalue weighted by Gasteiger charge is 2.45. The van der Waals surface area contributed by atoms with Crippen LogP contribution in [0.15, 0.2) is 30.3 Å². The fourth-order valence-corrected chi connectivity index (χ4v) is 3.74. The average molecular weight is 288 g/mol. The van der Waals surface area contributed by atoms with Crippen LogP contribution >= 0.6 is 0 Å². The van der Waals surface area contributed by atoms with Crippen LogP contribution in [0.3, 0.4) is 0 Å². The van der Waals surface area contributed by atoms with Crippen LogP contribution in [-0.2, 0) is 10.3 Å². The van der Waals surface area contributed by atoms with Gasteiger partial charge in [-0.05, 0) is 32.3 Å². The van der Waals surface area contributed by atoms with Crippen LogP contribution in [-0.4, -0.2) is 42.8 Å². The van der Waals surface area contributed by atoms with Crippen LogP contribution in [0.5, 0.6) is 0 Å². The molecule has 0 saturated carbocycles. The van der Waals surface area contributed by atoms with Crippen molar-refractivity contribution in [1.29, 1.82) is 0 Å². The lowest BCUT2D eigenvalue weighted by molar-refractivity contribution is -0.0193. The summed E-state index contributed by atoms with van der Waals surface area (Å²) in [4.78, 5) is 2.71. The van der Waals surface area contributed by atoms with E-state index in [1.165, 1.54) is 18.4 Å². The third kappa shape index (κ3) is 2.75. The van der Waals surface area contributed by atoms with Gasteiger partial charge in [0.05, 0.1) is 12.1 Å². The molecule has 3 rings (SSSR count). The molecule has 3 heteroatoms. The molecular weight excluding hydrogens is 260 g/mol. The maximum absolute atomic E-state index is 5.66. The van der Waals surface area contributed by atoms with Crippen LogP contribution in [0.25, 0.3) is 0 Å². The van der Waals surface area contributed by atoms with E-state index in [1.807, 2.05) is 0 Å². The van der Waals surface area contributed by atoms with Crippen LogP contribution < -0.4 is 5.32 Å². The first-order valence-electron chi connectivity index (χ1n) is 8.22. The minimum atomic E-state index is 0.0263. The molecule has 0 radical (unpaired) electrons. The van der Waals surface area contributed by atoms with E-state index in [9.17, 15) is 0 Å². The molecule has 2 aliphatic heterocycles. The van der Waals surface area contributed by atoms with Crippen molar-refractivity contribution >= 4 is 0 Å². The monoisotopic (exact) mass is 288 g/mol. The number of benzene rings is 1. The Bertz CT molecular complexity index is 471. The third-order valence-electron chi connectivity index (χ3n) is 5.56. The Kier molecular flexibility index (Phi) is 4.08. The molecule has 0 aromatic heterocycles. The van der Waals surface area contributed by atoms with E-state index in [-0.39, 0.29) is 11.1 Å². The predicted molar refractivity (Wildman–Crippen MR) is 86.4 cm³/mol. The van der Waals surface area contributed by atoms with E-state index in [0.29, 0.717) is 6.04 Å². The molecule has 0 spiro atoms. The average Bonchev–Trinajstić information content (AvgIpc) is 3.05. The molecule has 21 heavy (non-hydrogen) atoms. The summed E-state index contributed by atoms with van der Waals surface area (Å²) in [6, 6.07) is 11.4. The molecule has 2 saturated heterocycles. The van der Waals surface area contributed by atoms with Crippen LogP contribution in [0.1, 0.15) is 39.2 Å². The minimum Gasteiger partial charge on any atom is -0.380 e. The van der Waals surface area contributed by atoms with E-state index in [2.05, 4.69) is 61.3 Å². The van der Waals surface area contributed by atoms with Gasteiger partial charge in [0.15, 0.2) is 0 Å². The molecular formula is C18H28N2O. The Balaban J connectivity index is 1.87. The van der Waals surface area contributed by atoms with Gasteiger partial charge in [0, 0.05) is 31.3 Å². The number of hydrogen-bond acceptors (Lipinski definition) is 3. The highest BCUT2D eigenvalue weighted by molar-refractivity contribution is 5.26. The fraction of sp³-hybridized carbons (Fsp3) is 0.667. The second-order valence-corrected chi connectivity index (χ2v) is 7.05. The number of rotatable bonds is 3. The molecule has 1 aromatic carbocycles. The molecule has 2 heterocycles. The first-order chi connectivity index (χ1) is 10.1. The molecule has 0 amide bonds. The van der Waals surface area contributed by atoms with Gasteiger partial charge in [-0.1, -0.05) is 37.3 Å². The Morgan fingerprint density at radius 1 is 1.29 bits per heavy atom. The zero-order chi connectivity index (χ0) is 14.9. The van der Waals surface area contributed by atoms with Gasteiger partial charge in [-0.15, -0.1) is 0 Å². The number of piperazine rings is 1. The van der Waals surface area contributed by atoms with Crippen molar-refractivity contribution < 1.29 is 4.74 Å². The normalized spacial score (nSPS) is 37.8. The summed E-state index contributed by atoms with van der Waals surface area (Å²) in [5, 5.41) is 3.82. The summed E-state index contributed by atoms with van der Waals surface area (Å²) in [6.07, 6.45) is 2.34. The van der Waals surface area contributed by atoms with Crippen molar-refractivity contribution in [3.8, 4) is 0 Å².